The molecule has 0 fully saturated rings. The Balaban J connectivity index is 2.82. The zero-order chi connectivity index (χ0) is 15.1. The first kappa shape index (κ1) is 16.8. The van der Waals surface area contributed by atoms with Crippen molar-refractivity contribution in [3.05, 3.63) is 28.8 Å². The van der Waals surface area contributed by atoms with E-state index in [2.05, 4.69) is 5.32 Å². The molecule has 3 N–H and O–H groups in total. The quantitative estimate of drug-likeness (QED) is 0.813. The number of halogens is 1. The van der Waals surface area contributed by atoms with Gasteiger partial charge in [0.05, 0.1) is 5.02 Å². The molecule has 112 valence electrons. The summed E-state index contributed by atoms with van der Waals surface area (Å²) in [4.78, 5) is 11.8. The molecule has 0 aromatic heterocycles. The van der Waals surface area contributed by atoms with E-state index in [9.17, 15) is 4.79 Å². The van der Waals surface area contributed by atoms with Crippen LogP contribution in [0.1, 0.15) is 32.8 Å². The number of rotatable bonds is 7. The summed E-state index contributed by atoms with van der Waals surface area (Å²) in [6.07, 6.45) is 0.952. The van der Waals surface area contributed by atoms with Crippen LogP contribution in [0.4, 0.5) is 0 Å². The first-order valence-corrected chi connectivity index (χ1v) is 7.30. The van der Waals surface area contributed by atoms with Crippen LogP contribution in [0.15, 0.2) is 18.2 Å². The molecule has 1 aromatic rings. The lowest BCUT2D eigenvalue weighted by Gasteiger charge is -2.19. The van der Waals surface area contributed by atoms with Crippen LogP contribution in [-0.4, -0.2) is 24.6 Å². The van der Waals surface area contributed by atoms with E-state index in [0.29, 0.717) is 23.7 Å². The fraction of sp³-hybridized carbons (Fsp3) is 0.533. The van der Waals surface area contributed by atoms with Crippen molar-refractivity contribution >= 4 is 17.5 Å². The third kappa shape index (κ3) is 5.02. The van der Waals surface area contributed by atoms with Gasteiger partial charge in [0.15, 0.2) is 6.10 Å². The number of hydrogen-bond acceptors (Lipinski definition) is 3. The zero-order valence-electron chi connectivity index (χ0n) is 12.3. The van der Waals surface area contributed by atoms with Gasteiger partial charge in [0.2, 0.25) is 0 Å². The van der Waals surface area contributed by atoms with E-state index in [4.69, 9.17) is 22.1 Å². The summed E-state index contributed by atoms with van der Waals surface area (Å²) in [5.41, 5.74) is 6.74. The minimum absolute atomic E-state index is 0.0000377. The molecular formula is C15H23ClN2O2. The van der Waals surface area contributed by atoms with Crippen LogP contribution >= 0.6 is 11.6 Å². The van der Waals surface area contributed by atoms with Crippen molar-refractivity contribution in [2.24, 2.45) is 5.73 Å². The van der Waals surface area contributed by atoms with Gasteiger partial charge in [0.1, 0.15) is 5.75 Å². The van der Waals surface area contributed by atoms with Crippen LogP contribution < -0.4 is 15.8 Å². The second-order valence-electron chi connectivity index (χ2n) is 4.96. The van der Waals surface area contributed by atoms with E-state index >= 15 is 0 Å². The average molecular weight is 299 g/mol. The highest BCUT2D eigenvalue weighted by Crippen LogP contribution is 2.30. The number of carbonyl (C=O) groups is 1. The monoisotopic (exact) mass is 298 g/mol. The molecule has 4 nitrogen and oxygen atoms in total. The van der Waals surface area contributed by atoms with Gasteiger partial charge in [-0.3, -0.25) is 4.79 Å². The molecular weight excluding hydrogens is 276 g/mol. The molecule has 1 amide bonds. The Morgan fingerprint density at radius 2 is 2.15 bits per heavy atom. The Morgan fingerprint density at radius 1 is 1.45 bits per heavy atom. The predicted molar refractivity (Wildman–Crippen MR) is 82.2 cm³/mol. The van der Waals surface area contributed by atoms with Crippen LogP contribution in [0.25, 0.3) is 0 Å². The summed E-state index contributed by atoms with van der Waals surface area (Å²) in [7, 11) is 0. The minimum Gasteiger partial charge on any atom is -0.479 e. The Kier molecular flexibility index (Phi) is 6.82. The van der Waals surface area contributed by atoms with Gasteiger partial charge in [-0.1, -0.05) is 30.7 Å². The first-order valence-electron chi connectivity index (χ1n) is 6.93. The molecule has 2 atom stereocenters. The molecule has 1 rings (SSSR count). The lowest BCUT2D eigenvalue weighted by atomic mass is 10.1. The van der Waals surface area contributed by atoms with E-state index in [1.54, 1.807) is 13.0 Å². The van der Waals surface area contributed by atoms with Crippen LogP contribution in [0, 0.1) is 0 Å². The Bertz CT molecular complexity index is 449. The first-order chi connectivity index (χ1) is 9.45. The third-order valence-corrected chi connectivity index (χ3v) is 3.10. The van der Waals surface area contributed by atoms with Crippen molar-refractivity contribution in [3.8, 4) is 5.75 Å². The normalized spacial score (nSPS) is 13.7. The number of hydrogen-bond donors (Lipinski definition) is 2. The lowest BCUT2D eigenvalue weighted by molar-refractivity contribution is -0.127. The maximum Gasteiger partial charge on any atom is 0.260 e. The highest BCUT2D eigenvalue weighted by atomic mass is 35.5. The number of benzene rings is 1. The van der Waals surface area contributed by atoms with Crippen molar-refractivity contribution in [1.82, 2.24) is 5.32 Å². The predicted octanol–water partition coefficient (Wildman–Crippen LogP) is 2.52. The molecule has 0 heterocycles. The molecule has 1 aromatic carbocycles. The van der Waals surface area contributed by atoms with Gasteiger partial charge in [0, 0.05) is 12.6 Å². The molecule has 0 aliphatic heterocycles. The lowest BCUT2D eigenvalue weighted by Crippen LogP contribution is -2.37. The highest BCUT2D eigenvalue weighted by molar-refractivity contribution is 6.32. The van der Waals surface area contributed by atoms with Gasteiger partial charge in [0.25, 0.3) is 5.91 Å². The van der Waals surface area contributed by atoms with Crippen LogP contribution in [0.3, 0.4) is 0 Å². The summed E-state index contributed by atoms with van der Waals surface area (Å²) in [6, 6.07) is 5.52. The van der Waals surface area contributed by atoms with E-state index in [1.165, 1.54) is 0 Å². The molecule has 2 unspecified atom stereocenters. The average Bonchev–Trinajstić information content (AvgIpc) is 2.39. The summed E-state index contributed by atoms with van der Waals surface area (Å²) < 4.78 is 5.74. The molecule has 0 bridgehead atoms. The molecule has 20 heavy (non-hydrogen) atoms. The standard InChI is InChI=1S/C15H23ClN2O2/c1-4-8-18-15(19)11(3)20-14-12(9-10(2)17)6-5-7-13(14)16/h5-7,10-11H,4,8-9,17H2,1-3H3,(H,18,19). The molecule has 0 saturated carbocycles. The molecule has 5 heteroatoms. The number of para-hydroxylation sites is 1. The number of nitrogens with one attached hydrogen (secondary N) is 1. The van der Waals surface area contributed by atoms with Gasteiger partial charge >= 0.3 is 0 Å². The van der Waals surface area contributed by atoms with E-state index < -0.39 is 6.10 Å². The number of amides is 1. The molecule has 0 aliphatic carbocycles. The van der Waals surface area contributed by atoms with Gasteiger partial charge in [-0.2, -0.15) is 0 Å². The maximum atomic E-state index is 11.8. The summed E-state index contributed by atoms with van der Waals surface area (Å²) in [5.74, 6) is 0.407. The molecule has 0 saturated heterocycles. The number of nitrogens with two attached hydrogens (primary N) is 1. The highest BCUT2D eigenvalue weighted by Gasteiger charge is 2.18. The summed E-state index contributed by atoms with van der Waals surface area (Å²) >= 11 is 6.17. The van der Waals surface area contributed by atoms with Crippen molar-refractivity contribution < 1.29 is 9.53 Å². The third-order valence-electron chi connectivity index (χ3n) is 2.80. The fourth-order valence-corrected chi connectivity index (χ4v) is 2.05. The smallest absolute Gasteiger partial charge is 0.260 e. The largest absolute Gasteiger partial charge is 0.479 e. The van der Waals surface area contributed by atoms with Crippen molar-refractivity contribution in [1.29, 1.82) is 0 Å². The van der Waals surface area contributed by atoms with E-state index in [1.807, 2.05) is 26.0 Å². The SMILES string of the molecule is CCCNC(=O)C(C)Oc1c(Cl)cccc1CC(C)N. The second kappa shape index (κ2) is 8.12. The number of ether oxygens (including phenoxy) is 1. The fourth-order valence-electron chi connectivity index (χ4n) is 1.82. The van der Waals surface area contributed by atoms with Crippen LogP contribution in [0.5, 0.6) is 5.75 Å². The topological polar surface area (TPSA) is 64.3 Å². The Hall–Kier alpha value is -1.26. The second-order valence-corrected chi connectivity index (χ2v) is 5.37. The molecule has 0 spiro atoms. The van der Waals surface area contributed by atoms with E-state index in [0.717, 1.165) is 12.0 Å². The van der Waals surface area contributed by atoms with Gasteiger partial charge in [-0.25, -0.2) is 0 Å². The van der Waals surface area contributed by atoms with E-state index in [-0.39, 0.29) is 11.9 Å². The Labute approximate surface area is 125 Å². The minimum atomic E-state index is -0.590. The van der Waals surface area contributed by atoms with Crippen LogP contribution in [0.2, 0.25) is 5.02 Å². The summed E-state index contributed by atoms with van der Waals surface area (Å²) in [5, 5.41) is 3.30. The van der Waals surface area contributed by atoms with Gasteiger partial charge in [-0.15, -0.1) is 0 Å². The van der Waals surface area contributed by atoms with Crippen molar-refractivity contribution in [2.75, 3.05) is 6.54 Å². The number of carbonyl (C=O) groups excluding carboxylic acids is 1. The Morgan fingerprint density at radius 3 is 2.75 bits per heavy atom. The molecule has 0 radical (unpaired) electrons. The van der Waals surface area contributed by atoms with Crippen molar-refractivity contribution in [3.63, 3.8) is 0 Å². The summed E-state index contributed by atoms with van der Waals surface area (Å²) in [6.45, 7) is 6.27. The van der Waals surface area contributed by atoms with Crippen LogP contribution in [-0.2, 0) is 11.2 Å². The molecule has 0 aliphatic rings. The maximum absolute atomic E-state index is 11.8. The van der Waals surface area contributed by atoms with Gasteiger partial charge < -0.3 is 15.8 Å². The zero-order valence-corrected chi connectivity index (χ0v) is 13.0. The van der Waals surface area contributed by atoms with Gasteiger partial charge in [-0.05, 0) is 38.3 Å². The van der Waals surface area contributed by atoms with Crippen molar-refractivity contribution in [2.45, 2.75) is 45.8 Å².